The number of amides is 2. The molecule has 2 atom stereocenters. The van der Waals surface area contributed by atoms with E-state index in [1.54, 1.807) is 12.3 Å². The molecule has 3 aromatic rings. The van der Waals surface area contributed by atoms with E-state index >= 15 is 4.39 Å². The first-order valence-corrected chi connectivity index (χ1v) is 17.2. The molecule has 48 heavy (non-hydrogen) atoms. The highest BCUT2D eigenvalue weighted by Crippen LogP contribution is 2.41. The van der Waals surface area contributed by atoms with Crippen molar-refractivity contribution in [1.82, 2.24) is 14.8 Å². The first kappa shape index (κ1) is 37.9. The van der Waals surface area contributed by atoms with Crippen LogP contribution in [-0.4, -0.2) is 75.8 Å². The summed E-state index contributed by atoms with van der Waals surface area (Å²) in [6, 6.07) is 13.2. The van der Waals surface area contributed by atoms with Crippen LogP contribution in [0, 0.1) is 17.0 Å². The van der Waals surface area contributed by atoms with Crippen LogP contribution >= 0.6 is 0 Å². The number of ether oxygens (including phenoxy) is 3. The second-order valence-electron chi connectivity index (χ2n) is 12.3. The lowest BCUT2D eigenvalue weighted by Crippen LogP contribution is -2.48. The van der Waals surface area contributed by atoms with Crippen molar-refractivity contribution in [2.75, 3.05) is 26.9 Å². The minimum Gasteiger partial charge on any atom is -0.467 e. The summed E-state index contributed by atoms with van der Waals surface area (Å²) in [5.41, 5.74) is 1.26. The fourth-order valence-corrected chi connectivity index (χ4v) is 5.65. The zero-order valence-corrected chi connectivity index (χ0v) is 29.2. The van der Waals surface area contributed by atoms with Gasteiger partial charge in [-0.3, -0.25) is 9.59 Å². The number of hydrogen-bond acceptors (Lipinski definition) is 7. The van der Waals surface area contributed by atoms with E-state index in [0.717, 1.165) is 23.8 Å². The summed E-state index contributed by atoms with van der Waals surface area (Å²) in [5, 5.41) is 2.53. The summed E-state index contributed by atoms with van der Waals surface area (Å²) in [6.45, 7) is 8.74. The molecule has 1 heterocycles. The maximum Gasteiger partial charge on any atom is 0.407 e. The van der Waals surface area contributed by atoms with Crippen LogP contribution in [0.2, 0.25) is 12.6 Å². The van der Waals surface area contributed by atoms with Crippen molar-refractivity contribution < 1.29 is 42.2 Å². The minimum absolute atomic E-state index is 0.0468. The van der Waals surface area contributed by atoms with Gasteiger partial charge in [-0.05, 0) is 47.7 Å². The largest absolute Gasteiger partial charge is 0.467 e. The van der Waals surface area contributed by atoms with Gasteiger partial charge >= 0.3 is 18.0 Å². The Kier molecular flexibility index (Phi) is 13.9. The van der Waals surface area contributed by atoms with Gasteiger partial charge in [0.2, 0.25) is 0 Å². The quantitative estimate of drug-likeness (QED) is 0.0934. The van der Waals surface area contributed by atoms with Crippen LogP contribution in [0.5, 0.6) is 0 Å². The normalized spacial score (nSPS) is 12.5. The van der Waals surface area contributed by atoms with Gasteiger partial charge in [0, 0.05) is 52.6 Å². The lowest BCUT2D eigenvalue weighted by Gasteiger charge is -2.41. The van der Waals surface area contributed by atoms with E-state index in [2.05, 4.69) is 5.32 Å². The molecule has 2 amide bonds. The van der Waals surface area contributed by atoms with E-state index in [1.165, 1.54) is 18.9 Å². The maximum atomic E-state index is 15.1. The van der Waals surface area contributed by atoms with E-state index in [1.807, 2.05) is 62.2 Å². The SMILES string of the molecule is COC(=O)[C@H](CCN(C(=O)COC(C)=O)[C@@H](c1cc(-c2cc(F)ccc2F)cn1Cc1ccccc1)C(C)(C)C)NC(=O)OCC[Si]C. The van der Waals surface area contributed by atoms with Gasteiger partial charge in [-0.25, -0.2) is 18.4 Å². The molecule has 0 spiro atoms. The smallest absolute Gasteiger partial charge is 0.407 e. The lowest BCUT2D eigenvalue weighted by molar-refractivity contribution is -0.153. The van der Waals surface area contributed by atoms with E-state index in [-0.39, 0.29) is 25.1 Å². The Morgan fingerprint density at radius 2 is 1.73 bits per heavy atom. The molecule has 13 heteroatoms. The molecule has 0 aliphatic rings. The molecule has 2 aromatic carbocycles. The third-order valence-corrected chi connectivity index (χ3v) is 8.22. The van der Waals surface area contributed by atoms with Crippen molar-refractivity contribution in [3.8, 4) is 11.1 Å². The Morgan fingerprint density at radius 1 is 1.02 bits per heavy atom. The molecule has 0 bridgehead atoms. The van der Waals surface area contributed by atoms with Gasteiger partial charge in [-0.15, -0.1) is 0 Å². The van der Waals surface area contributed by atoms with E-state index in [0.29, 0.717) is 33.4 Å². The lowest BCUT2D eigenvalue weighted by atomic mass is 9.82. The second-order valence-corrected chi connectivity index (χ2v) is 13.5. The van der Waals surface area contributed by atoms with Crippen LogP contribution in [0.3, 0.4) is 0 Å². The van der Waals surface area contributed by atoms with Crippen molar-refractivity contribution in [3.63, 3.8) is 0 Å². The third kappa shape index (κ3) is 10.8. The monoisotopic (exact) mass is 683 g/mol. The molecule has 0 fully saturated rings. The number of carbonyl (C=O) groups is 4. The number of alkyl carbamates (subject to hydrolysis) is 1. The van der Waals surface area contributed by atoms with Crippen LogP contribution in [0.1, 0.15) is 51.4 Å². The standard InChI is InChI=1S/C35H43F2N3O7Si/c1-23(41)47-22-31(42)40(15-14-29(33(43)45-5)38-34(44)46-16-17-48-6)32(35(2,3)4)30-18-25(27-19-26(36)12-13-28(27)37)21-39(30)20-24-10-8-7-9-11-24/h7-13,18-19,21,29,32H,14-17,20,22H2,1-6H3,(H,38,44)/t29-,32-/m0/s1. The second kappa shape index (κ2) is 17.6. The van der Waals surface area contributed by atoms with Crippen molar-refractivity contribution in [2.45, 2.75) is 65.3 Å². The van der Waals surface area contributed by atoms with Gasteiger partial charge in [0.1, 0.15) is 17.7 Å². The maximum absolute atomic E-state index is 15.1. The molecular weight excluding hydrogens is 640 g/mol. The van der Waals surface area contributed by atoms with Gasteiger partial charge < -0.3 is 29.0 Å². The van der Waals surface area contributed by atoms with Crippen molar-refractivity contribution in [1.29, 1.82) is 0 Å². The molecule has 0 aliphatic heterocycles. The molecule has 2 radical (unpaired) electrons. The van der Waals surface area contributed by atoms with Gasteiger partial charge in [0.05, 0.1) is 19.8 Å². The molecule has 1 N–H and O–H groups in total. The van der Waals surface area contributed by atoms with Crippen LogP contribution in [-0.2, 0) is 35.1 Å². The number of benzene rings is 2. The summed E-state index contributed by atoms with van der Waals surface area (Å²) >= 11 is 0. The highest BCUT2D eigenvalue weighted by atomic mass is 28.2. The Balaban J connectivity index is 2.13. The number of halogens is 2. The number of nitrogens with zero attached hydrogens (tertiary/aromatic N) is 2. The third-order valence-electron chi connectivity index (χ3n) is 7.52. The van der Waals surface area contributed by atoms with Crippen LogP contribution in [0.15, 0.2) is 60.8 Å². The zero-order chi connectivity index (χ0) is 35.4. The van der Waals surface area contributed by atoms with E-state index in [9.17, 15) is 23.6 Å². The Bertz CT molecular complexity index is 1560. The molecular formula is C35H43F2N3O7Si. The summed E-state index contributed by atoms with van der Waals surface area (Å²) < 4.78 is 46.5. The first-order chi connectivity index (χ1) is 22.7. The number of esters is 2. The molecule has 1 aromatic heterocycles. The Hall–Kier alpha value is -4.52. The number of nitrogens with one attached hydrogen (secondary N) is 1. The fourth-order valence-electron chi connectivity index (χ4n) is 5.34. The highest BCUT2D eigenvalue weighted by molar-refractivity contribution is 6.33. The van der Waals surface area contributed by atoms with Gasteiger partial charge in [-0.1, -0.05) is 57.7 Å². The summed E-state index contributed by atoms with van der Waals surface area (Å²) in [6.07, 6.45) is 0.840. The number of hydrogen-bond donors (Lipinski definition) is 1. The minimum atomic E-state index is -1.16. The van der Waals surface area contributed by atoms with Crippen molar-refractivity contribution in [3.05, 3.63) is 83.7 Å². The number of carbonyl (C=O) groups excluding carboxylic acids is 4. The van der Waals surface area contributed by atoms with Crippen LogP contribution in [0.4, 0.5) is 13.6 Å². The van der Waals surface area contributed by atoms with Gasteiger partial charge in [0.25, 0.3) is 5.91 Å². The predicted molar refractivity (Wildman–Crippen MR) is 177 cm³/mol. The number of rotatable bonds is 15. The van der Waals surface area contributed by atoms with Crippen LogP contribution < -0.4 is 5.32 Å². The topological polar surface area (TPSA) is 116 Å². The average molecular weight is 684 g/mol. The van der Waals surface area contributed by atoms with Gasteiger partial charge in [0.15, 0.2) is 6.61 Å². The van der Waals surface area contributed by atoms with Gasteiger partial charge in [-0.2, -0.15) is 0 Å². The Morgan fingerprint density at radius 3 is 2.35 bits per heavy atom. The molecule has 0 saturated carbocycles. The summed E-state index contributed by atoms with van der Waals surface area (Å²) in [4.78, 5) is 52.4. The molecule has 258 valence electrons. The van der Waals surface area contributed by atoms with E-state index < -0.39 is 59.7 Å². The van der Waals surface area contributed by atoms with E-state index in [4.69, 9.17) is 14.2 Å². The molecule has 0 aliphatic carbocycles. The van der Waals surface area contributed by atoms with Crippen molar-refractivity contribution in [2.24, 2.45) is 5.41 Å². The first-order valence-electron chi connectivity index (χ1n) is 15.5. The average Bonchev–Trinajstić information content (AvgIpc) is 3.43. The molecule has 3 rings (SSSR count). The fraction of sp³-hybridized carbons (Fsp3) is 0.429. The molecule has 0 unspecified atom stereocenters. The number of methoxy groups -OCH3 is 1. The van der Waals surface area contributed by atoms with Crippen LogP contribution in [0.25, 0.3) is 11.1 Å². The molecule has 10 nitrogen and oxygen atoms in total. The zero-order valence-electron chi connectivity index (χ0n) is 28.2. The summed E-state index contributed by atoms with van der Waals surface area (Å²) in [7, 11) is 1.77. The van der Waals surface area contributed by atoms with Crippen molar-refractivity contribution >= 4 is 33.5 Å². The highest BCUT2D eigenvalue weighted by Gasteiger charge is 2.38. The molecule has 0 saturated heterocycles. The Labute approximate surface area is 282 Å². The number of aromatic nitrogens is 1. The predicted octanol–water partition coefficient (Wildman–Crippen LogP) is 5.79. The summed E-state index contributed by atoms with van der Waals surface area (Å²) in [5.74, 6) is -3.18.